The number of rotatable bonds is 6. The third-order valence-electron chi connectivity index (χ3n) is 4.43. The summed E-state index contributed by atoms with van der Waals surface area (Å²) >= 11 is 0. The van der Waals surface area contributed by atoms with Crippen LogP contribution in [-0.2, 0) is 11.3 Å². The molecule has 2 aromatic rings. The Morgan fingerprint density at radius 2 is 2.11 bits per heavy atom. The number of aromatic nitrogens is 1. The molecule has 0 amide bonds. The first-order chi connectivity index (χ1) is 13.1. The largest absolute Gasteiger partial charge is 0.444 e. The van der Waals surface area contributed by atoms with Crippen molar-refractivity contribution in [2.45, 2.75) is 26.5 Å². The number of oxazole rings is 1. The van der Waals surface area contributed by atoms with Crippen molar-refractivity contribution in [1.82, 2.24) is 20.5 Å². The molecule has 1 atom stereocenters. The minimum Gasteiger partial charge on any atom is -0.444 e. The first kappa shape index (κ1) is 19.4. The molecular formula is C20H29N5O2. The molecule has 3 rings (SSSR count). The van der Waals surface area contributed by atoms with Crippen LogP contribution in [0.2, 0.25) is 0 Å². The molecule has 1 unspecified atom stereocenters. The van der Waals surface area contributed by atoms with Crippen molar-refractivity contribution in [3.63, 3.8) is 0 Å². The first-order valence-electron chi connectivity index (χ1n) is 9.48. The quantitative estimate of drug-likeness (QED) is 0.598. The fraction of sp³-hybridized carbons (Fsp3) is 0.500. The first-order valence-corrected chi connectivity index (χ1v) is 9.48. The lowest BCUT2D eigenvalue weighted by molar-refractivity contribution is -0.0161. The molecule has 2 heterocycles. The van der Waals surface area contributed by atoms with Gasteiger partial charge in [-0.25, -0.2) is 9.98 Å². The van der Waals surface area contributed by atoms with Crippen molar-refractivity contribution < 1.29 is 9.15 Å². The van der Waals surface area contributed by atoms with E-state index in [4.69, 9.17) is 9.15 Å². The van der Waals surface area contributed by atoms with Crippen molar-refractivity contribution in [3.8, 4) is 11.5 Å². The minimum atomic E-state index is 0.174. The van der Waals surface area contributed by atoms with Gasteiger partial charge in [0, 0.05) is 31.7 Å². The number of nitrogens with one attached hydrogen (secondary N) is 2. The molecule has 2 N–H and O–H groups in total. The van der Waals surface area contributed by atoms with E-state index in [1.807, 2.05) is 19.1 Å². The molecule has 1 aliphatic heterocycles. The van der Waals surface area contributed by atoms with Crippen LogP contribution in [0.1, 0.15) is 18.2 Å². The molecule has 0 saturated carbocycles. The highest BCUT2D eigenvalue weighted by atomic mass is 16.5. The Morgan fingerprint density at radius 1 is 1.30 bits per heavy atom. The van der Waals surface area contributed by atoms with Gasteiger partial charge in [-0.15, -0.1) is 0 Å². The predicted octanol–water partition coefficient (Wildman–Crippen LogP) is 2.04. The van der Waals surface area contributed by atoms with Crippen molar-refractivity contribution in [3.05, 3.63) is 41.8 Å². The van der Waals surface area contributed by atoms with Crippen LogP contribution >= 0.6 is 0 Å². The van der Waals surface area contributed by atoms with Gasteiger partial charge in [0.25, 0.3) is 0 Å². The lowest BCUT2D eigenvalue weighted by Crippen LogP contribution is -2.48. The van der Waals surface area contributed by atoms with Crippen molar-refractivity contribution in [1.29, 1.82) is 0 Å². The Kier molecular flexibility index (Phi) is 6.84. The summed E-state index contributed by atoms with van der Waals surface area (Å²) in [6.45, 7) is 8.77. The average molecular weight is 371 g/mol. The molecule has 7 heteroatoms. The van der Waals surface area contributed by atoms with E-state index in [0.717, 1.165) is 50.0 Å². The molecule has 1 aromatic heterocycles. The van der Waals surface area contributed by atoms with Crippen LogP contribution in [0.15, 0.2) is 39.9 Å². The van der Waals surface area contributed by atoms with Gasteiger partial charge in [-0.1, -0.05) is 17.7 Å². The van der Waals surface area contributed by atoms with Crippen LogP contribution in [0.5, 0.6) is 0 Å². The second kappa shape index (κ2) is 9.53. The summed E-state index contributed by atoms with van der Waals surface area (Å²) in [5, 5.41) is 6.61. The summed E-state index contributed by atoms with van der Waals surface area (Å²) < 4.78 is 11.4. The maximum atomic E-state index is 5.79. The van der Waals surface area contributed by atoms with E-state index in [9.17, 15) is 0 Å². The Labute approximate surface area is 160 Å². The number of aliphatic imine (C=N–C) groups is 1. The number of hydrogen-bond donors (Lipinski definition) is 2. The van der Waals surface area contributed by atoms with Gasteiger partial charge < -0.3 is 24.7 Å². The number of nitrogens with zero attached hydrogens (tertiary/aromatic N) is 3. The molecule has 0 radical (unpaired) electrons. The third kappa shape index (κ3) is 5.80. The van der Waals surface area contributed by atoms with E-state index in [0.29, 0.717) is 12.4 Å². The summed E-state index contributed by atoms with van der Waals surface area (Å²) in [5.74, 6) is 1.38. The summed E-state index contributed by atoms with van der Waals surface area (Å²) in [6.07, 6.45) is 1.84. The molecule has 1 aliphatic rings. The van der Waals surface area contributed by atoms with Gasteiger partial charge in [-0.2, -0.15) is 0 Å². The average Bonchev–Trinajstić information content (AvgIpc) is 3.14. The third-order valence-corrected chi connectivity index (χ3v) is 4.43. The van der Waals surface area contributed by atoms with Gasteiger partial charge in [0.15, 0.2) is 5.96 Å². The summed E-state index contributed by atoms with van der Waals surface area (Å²) in [7, 11) is 2.12. The molecular weight excluding hydrogens is 342 g/mol. The van der Waals surface area contributed by atoms with Gasteiger partial charge in [0.1, 0.15) is 12.0 Å². The van der Waals surface area contributed by atoms with Crippen molar-refractivity contribution in [2.24, 2.45) is 4.99 Å². The zero-order valence-electron chi connectivity index (χ0n) is 16.4. The zero-order chi connectivity index (χ0) is 19.1. The standard InChI is InChI=1S/C20H29N5O2/c1-4-21-20(23-12-18-13-25(3)9-10-26-18)22-11-17-14-27-19(24-17)16-7-5-15(2)6-8-16/h5-8,14,18H,4,9-13H2,1-3H3,(H2,21,22,23). The molecule has 27 heavy (non-hydrogen) atoms. The zero-order valence-corrected chi connectivity index (χ0v) is 16.4. The Balaban J connectivity index is 1.57. The fourth-order valence-corrected chi connectivity index (χ4v) is 2.91. The Morgan fingerprint density at radius 3 is 2.85 bits per heavy atom. The molecule has 1 saturated heterocycles. The van der Waals surface area contributed by atoms with Gasteiger partial charge in [-0.05, 0) is 33.0 Å². The van der Waals surface area contributed by atoms with Gasteiger partial charge >= 0.3 is 0 Å². The van der Waals surface area contributed by atoms with Gasteiger partial charge in [-0.3, -0.25) is 0 Å². The SMILES string of the molecule is CCNC(=NCc1coc(-c2ccc(C)cc2)n1)NCC1CN(C)CCO1. The van der Waals surface area contributed by atoms with Crippen molar-refractivity contribution in [2.75, 3.05) is 39.8 Å². The minimum absolute atomic E-state index is 0.174. The van der Waals surface area contributed by atoms with Crippen LogP contribution in [-0.4, -0.2) is 61.8 Å². The van der Waals surface area contributed by atoms with E-state index in [1.54, 1.807) is 6.26 Å². The second-order valence-corrected chi connectivity index (χ2v) is 6.84. The number of ether oxygens (including phenoxy) is 1. The smallest absolute Gasteiger partial charge is 0.226 e. The van der Waals surface area contributed by atoms with Crippen LogP contribution in [0, 0.1) is 6.92 Å². The fourth-order valence-electron chi connectivity index (χ4n) is 2.91. The molecule has 1 fully saturated rings. The number of guanidine groups is 1. The lowest BCUT2D eigenvalue weighted by Gasteiger charge is -2.30. The number of hydrogen-bond acceptors (Lipinski definition) is 5. The maximum Gasteiger partial charge on any atom is 0.226 e. The van der Waals surface area contributed by atoms with E-state index in [-0.39, 0.29) is 6.10 Å². The monoisotopic (exact) mass is 371 g/mol. The Bertz CT molecular complexity index is 741. The molecule has 0 bridgehead atoms. The molecule has 1 aromatic carbocycles. The summed E-state index contributed by atoms with van der Waals surface area (Å²) in [6, 6.07) is 8.13. The number of aryl methyl sites for hydroxylation is 1. The van der Waals surface area contributed by atoms with Crippen molar-refractivity contribution >= 4 is 5.96 Å². The van der Waals surface area contributed by atoms with Crippen LogP contribution in [0.3, 0.4) is 0 Å². The second-order valence-electron chi connectivity index (χ2n) is 6.84. The summed E-state index contributed by atoms with van der Waals surface area (Å²) in [4.78, 5) is 11.4. The normalized spacial score (nSPS) is 18.5. The Hall–Kier alpha value is -2.38. The highest BCUT2D eigenvalue weighted by molar-refractivity contribution is 5.79. The van der Waals surface area contributed by atoms with E-state index < -0.39 is 0 Å². The topological polar surface area (TPSA) is 74.9 Å². The number of likely N-dealkylation sites (N-methyl/N-ethyl adjacent to an activating group) is 1. The van der Waals surface area contributed by atoms with Gasteiger partial charge in [0.05, 0.1) is 19.3 Å². The summed E-state index contributed by atoms with van der Waals surface area (Å²) in [5.41, 5.74) is 2.99. The highest BCUT2D eigenvalue weighted by Gasteiger charge is 2.17. The molecule has 0 aliphatic carbocycles. The van der Waals surface area contributed by atoms with Crippen LogP contribution in [0.4, 0.5) is 0 Å². The van der Waals surface area contributed by atoms with Gasteiger partial charge in [0.2, 0.25) is 5.89 Å². The van der Waals surface area contributed by atoms with Crippen LogP contribution < -0.4 is 10.6 Å². The lowest BCUT2D eigenvalue weighted by atomic mass is 10.1. The van der Waals surface area contributed by atoms with E-state index in [2.05, 4.69) is 51.6 Å². The van der Waals surface area contributed by atoms with E-state index >= 15 is 0 Å². The van der Waals surface area contributed by atoms with E-state index in [1.165, 1.54) is 5.56 Å². The number of benzene rings is 1. The highest BCUT2D eigenvalue weighted by Crippen LogP contribution is 2.19. The molecule has 7 nitrogen and oxygen atoms in total. The van der Waals surface area contributed by atoms with Crippen LogP contribution in [0.25, 0.3) is 11.5 Å². The molecule has 0 spiro atoms. The molecule has 146 valence electrons. The number of morpholine rings is 1. The predicted molar refractivity (Wildman–Crippen MR) is 107 cm³/mol. The maximum absolute atomic E-state index is 5.79.